The van der Waals surface area contributed by atoms with Gasteiger partial charge in [-0.2, -0.15) is 5.26 Å². The van der Waals surface area contributed by atoms with Crippen LogP contribution in [0.25, 0.3) is 21.9 Å². The maximum absolute atomic E-state index is 11.3. The number of ether oxygens (including phenoxy) is 1. The van der Waals surface area contributed by atoms with E-state index < -0.39 is 5.76 Å². The van der Waals surface area contributed by atoms with Crippen molar-refractivity contribution >= 4 is 21.9 Å². The summed E-state index contributed by atoms with van der Waals surface area (Å²) < 4.78 is 12.4. The van der Waals surface area contributed by atoms with Crippen LogP contribution in [0.2, 0.25) is 0 Å². The fraction of sp³-hybridized carbons (Fsp3) is 0.316. The van der Waals surface area contributed by atoms with Gasteiger partial charge in [0.05, 0.1) is 35.3 Å². The first kappa shape index (κ1) is 16.6. The second-order valence-corrected chi connectivity index (χ2v) is 6.80. The first-order valence-corrected chi connectivity index (χ1v) is 9.05. The van der Waals surface area contributed by atoms with Gasteiger partial charge < -0.3 is 9.30 Å². The van der Waals surface area contributed by atoms with Crippen LogP contribution in [0.15, 0.2) is 33.7 Å². The molecule has 1 saturated heterocycles. The molecule has 140 valence electrons. The van der Waals surface area contributed by atoms with Crippen LogP contribution in [0.1, 0.15) is 36.1 Å². The summed E-state index contributed by atoms with van der Waals surface area (Å²) in [6.07, 6.45) is 3.79. The molecule has 4 aromatic rings. The Morgan fingerprint density at radius 1 is 1.29 bits per heavy atom. The summed E-state index contributed by atoms with van der Waals surface area (Å²) >= 11 is 0. The van der Waals surface area contributed by atoms with Crippen LogP contribution in [-0.4, -0.2) is 37.9 Å². The third kappa shape index (κ3) is 2.75. The van der Waals surface area contributed by atoms with Crippen molar-refractivity contribution in [3.63, 3.8) is 0 Å². The molecule has 1 N–H and O–H groups in total. The Morgan fingerprint density at radius 2 is 2.14 bits per heavy atom. The second-order valence-electron chi connectivity index (χ2n) is 6.80. The molecule has 1 aliphatic rings. The van der Waals surface area contributed by atoms with Crippen molar-refractivity contribution < 1.29 is 9.26 Å². The smallest absolute Gasteiger partial charge is 0.381 e. The standard InChI is InChI=1S/C19H16N6O3/c20-9-11-1-2-14-13(7-11)18-15(10-21-14)22-17(8-16-23-19(26)28-24-16)25(18)12-3-5-27-6-4-12/h1-2,7,10,12H,3-6,8H2,(H,23,24,26). The summed E-state index contributed by atoms with van der Waals surface area (Å²) in [7, 11) is 0. The molecule has 9 nitrogen and oxygen atoms in total. The van der Waals surface area contributed by atoms with Gasteiger partial charge in [-0.25, -0.2) is 9.78 Å². The molecule has 0 aliphatic carbocycles. The Kier molecular flexibility index (Phi) is 3.91. The van der Waals surface area contributed by atoms with Crippen LogP contribution < -0.4 is 5.76 Å². The van der Waals surface area contributed by atoms with Gasteiger partial charge in [-0.15, -0.1) is 0 Å². The summed E-state index contributed by atoms with van der Waals surface area (Å²) in [6.45, 7) is 1.36. The lowest BCUT2D eigenvalue weighted by molar-refractivity contribution is 0.0700. The van der Waals surface area contributed by atoms with Crippen molar-refractivity contribution in [3.05, 3.63) is 52.2 Å². The van der Waals surface area contributed by atoms with Gasteiger partial charge in [0, 0.05) is 24.6 Å². The van der Waals surface area contributed by atoms with Gasteiger partial charge in [0.25, 0.3) is 0 Å². The van der Waals surface area contributed by atoms with Crippen LogP contribution in [0.3, 0.4) is 0 Å². The number of H-pyrrole nitrogens is 1. The molecule has 0 unspecified atom stereocenters. The average molecular weight is 376 g/mol. The molecule has 0 bridgehead atoms. The van der Waals surface area contributed by atoms with Crippen LogP contribution in [0.4, 0.5) is 0 Å². The molecular weight excluding hydrogens is 360 g/mol. The Hall–Kier alpha value is -3.51. The zero-order chi connectivity index (χ0) is 19.1. The van der Waals surface area contributed by atoms with E-state index >= 15 is 0 Å². The van der Waals surface area contributed by atoms with Gasteiger partial charge in [0.15, 0.2) is 5.82 Å². The predicted molar refractivity (Wildman–Crippen MR) is 98.8 cm³/mol. The lowest BCUT2D eigenvalue weighted by atomic mass is 10.1. The number of nitrogens with one attached hydrogen (secondary N) is 1. The van der Waals surface area contributed by atoms with Gasteiger partial charge in [-0.3, -0.25) is 14.5 Å². The number of pyridine rings is 1. The van der Waals surface area contributed by atoms with E-state index in [1.165, 1.54) is 0 Å². The van der Waals surface area contributed by atoms with Crippen molar-refractivity contribution in [3.8, 4) is 6.07 Å². The molecule has 1 fully saturated rings. The molecule has 0 amide bonds. The highest BCUT2D eigenvalue weighted by atomic mass is 16.5. The average Bonchev–Trinajstić information content (AvgIpc) is 3.31. The van der Waals surface area contributed by atoms with Crippen LogP contribution >= 0.6 is 0 Å². The zero-order valence-corrected chi connectivity index (χ0v) is 14.9. The predicted octanol–water partition coefficient (Wildman–Crippen LogP) is 2.07. The van der Waals surface area contributed by atoms with E-state index in [2.05, 4.69) is 30.3 Å². The summed E-state index contributed by atoms with van der Waals surface area (Å²) in [4.78, 5) is 23.2. The minimum absolute atomic E-state index is 0.198. The number of nitriles is 1. The van der Waals surface area contributed by atoms with E-state index in [1.807, 2.05) is 12.1 Å². The molecule has 3 aromatic heterocycles. The molecule has 28 heavy (non-hydrogen) atoms. The number of hydrogen-bond donors (Lipinski definition) is 1. The van der Waals surface area contributed by atoms with Crippen molar-refractivity contribution in [1.82, 2.24) is 24.7 Å². The Labute approximate surface area is 158 Å². The molecule has 4 heterocycles. The molecule has 0 atom stereocenters. The van der Waals surface area contributed by atoms with E-state index in [0.29, 0.717) is 31.0 Å². The Morgan fingerprint density at radius 3 is 2.89 bits per heavy atom. The van der Waals surface area contributed by atoms with E-state index in [-0.39, 0.29) is 6.04 Å². The van der Waals surface area contributed by atoms with Gasteiger partial charge in [0.1, 0.15) is 11.3 Å². The van der Waals surface area contributed by atoms with Crippen LogP contribution in [-0.2, 0) is 11.2 Å². The number of rotatable bonds is 3. The van der Waals surface area contributed by atoms with E-state index in [0.717, 1.165) is 40.6 Å². The number of nitrogens with zero attached hydrogens (tertiary/aromatic N) is 5. The van der Waals surface area contributed by atoms with Crippen LogP contribution in [0.5, 0.6) is 0 Å². The molecule has 0 spiro atoms. The first-order chi connectivity index (χ1) is 13.7. The van der Waals surface area contributed by atoms with E-state index in [1.54, 1.807) is 12.3 Å². The third-order valence-corrected chi connectivity index (χ3v) is 5.08. The number of hydrogen-bond acceptors (Lipinski definition) is 7. The van der Waals surface area contributed by atoms with Gasteiger partial charge in [-0.1, -0.05) is 5.16 Å². The van der Waals surface area contributed by atoms with Gasteiger partial charge in [-0.05, 0) is 31.0 Å². The van der Waals surface area contributed by atoms with Gasteiger partial charge >= 0.3 is 5.76 Å². The molecule has 0 radical (unpaired) electrons. The van der Waals surface area contributed by atoms with Crippen molar-refractivity contribution in [1.29, 1.82) is 5.26 Å². The highest BCUT2D eigenvalue weighted by Crippen LogP contribution is 2.32. The number of benzene rings is 1. The fourth-order valence-electron chi connectivity index (χ4n) is 3.84. The monoisotopic (exact) mass is 376 g/mol. The number of aromatic nitrogens is 5. The maximum Gasteiger partial charge on any atom is 0.438 e. The van der Waals surface area contributed by atoms with E-state index in [4.69, 9.17) is 9.72 Å². The second kappa shape index (κ2) is 6.58. The Balaban J connectivity index is 1.77. The minimum atomic E-state index is -0.588. The number of imidazole rings is 1. The third-order valence-electron chi connectivity index (χ3n) is 5.08. The quantitative estimate of drug-likeness (QED) is 0.580. The largest absolute Gasteiger partial charge is 0.438 e. The summed E-state index contributed by atoms with van der Waals surface area (Å²) in [5.41, 5.74) is 3.06. The van der Waals surface area contributed by atoms with Gasteiger partial charge in [0.2, 0.25) is 0 Å². The SMILES string of the molecule is N#Cc1ccc2ncc3nc(Cc4noc(=O)[nH]4)n(C4CCOCC4)c3c2c1. The minimum Gasteiger partial charge on any atom is -0.381 e. The highest BCUT2D eigenvalue weighted by molar-refractivity contribution is 6.02. The zero-order valence-electron chi connectivity index (χ0n) is 14.9. The highest BCUT2D eigenvalue weighted by Gasteiger charge is 2.24. The molecule has 9 heteroatoms. The van der Waals surface area contributed by atoms with Crippen molar-refractivity contribution in [2.75, 3.05) is 13.2 Å². The van der Waals surface area contributed by atoms with Crippen LogP contribution in [0, 0.1) is 11.3 Å². The Bertz CT molecular complexity index is 1270. The topological polar surface area (TPSA) is 123 Å². The number of aromatic amines is 1. The molecule has 0 saturated carbocycles. The maximum atomic E-state index is 11.3. The molecule has 5 rings (SSSR count). The molecule has 1 aliphatic heterocycles. The molecular formula is C19H16N6O3. The number of fused-ring (bicyclic) bond motifs is 3. The van der Waals surface area contributed by atoms with Crippen molar-refractivity contribution in [2.45, 2.75) is 25.3 Å². The first-order valence-electron chi connectivity index (χ1n) is 9.05. The summed E-state index contributed by atoms with van der Waals surface area (Å²) in [5.74, 6) is 0.598. The summed E-state index contributed by atoms with van der Waals surface area (Å²) in [6, 6.07) is 7.85. The van der Waals surface area contributed by atoms with Crippen molar-refractivity contribution in [2.24, 2.45) is 0 Å². The molecule has 1 aromatic carbocycles. The van der Waals surface area contributed by atoms with E-state index in [9.17, 15) is 10.1 Å². The lowest BCUT2D eigenvalue weighted by Gasteiger charge is -2.26. The fourth-order valence-corrected chi connectivity index (χ4v) is 3.84. The summed E-state index contributed by atoms with van der Waals surface area (Å²) in [5, 5.41) is 14.0. The lowest BCUT2D eigenvalue weighted by Crippen LogP contribution is -2.21. The normalized spacial score (nSPS) is 15.2.